The maximum Gasteiger partial charge on any atom is 0.374 e. The van der Waals surface area contributed by atoms with Crippen molar-refractivity contribution in [2.75, 3.05) is 6.61 Å². The van der Waals surface area contributed by atoms with Gasteiger partial charge in [0.15, 0.2) is 0 Å². The van der Waals surface area contributed by atoms with Gasteiger partial charge in [-0.1, -0.05) is 15.9 Å². The Morgan fingerprint density at radius 3 is 2.80 bits per heavy atom. The SMILES string of the molecule is CCOC(=O)c1ccc(-c2ccc(Br)cc2[N+](=O)[O-])o1. The van der Waals surface area contributed by atoms with E-state index in [1.165, 1.54) is 18.2 Å². The predicted molar refractivity (Wildman–Crippen MR) is 74.5 cm³/mol. The largest absolute Gasteiger partial charge is 0.460 e. The summed E-state index contributed by atoms with van der Waals surface area (Å²) in [6.45, 7) is 1.91. The number of rotatable bonds is 4. The Morgan fingerprint density at radius 2 is 2.15 bits per heavy atom. The number of nitrogens with zero attached hydrogens (tertiary/aromatic N) is 1. The molecule has 0 saturated carbocycles. The molecule has 104 valence electrons. The summed E-state index contributed by atoms with van der Waals surface area (Å²) >= 11 is 3.18. The first kappa shape index (κ1) is 14.3. The summed E-state index contributed by atoms with van der Waals surface area (Å²) in [5, 5.41) is 11.0. The van der Waals surface area contributed by atoms with E-state index in [0.29, 0.717) is 10.0 Å². The molecule has 0 fully saturated rings. The molecule has 0 bridgehead atoms. The second kappa shape index (κ2) is 5.87. The maximum atomic E-state index is 11.5. The number of benzene rings is 1. The molecule has 0 aliphatic rings. The van der Waals surface area contributed by atoms with Crippen LogP contribution >= 0.6 is 15.9 Å². The molecule has 2 aromatic rings. The lowest BCUT2D eigenvalue weighted by Gasteiger charge is -2.01. The zero-order valence-corrected chi connectivity index (χ0v) is 12.0. The number of esters is 1. The molecule has 1 aromatic heterocycles. The first-order valence-corrected chi connectivity index (χ1v) is 6.53. The molecule has 0 N–H and O–H groups in total. The third-order valence-electron chi connectivity index (χ3n) is 2.50. The molecule has 1 aromatic carbocycles. The van der Waals surface area contributed by atoms with E-state index >= 15 is 0 Å². The van der Waals surface area contributed by atoms with Gasteiger partial charge in [-0.15, -0.1) is 0 Å². The minimum absolute atomic E-state index is 0.0130. The molecule has 0 atom stereocenters. The highest BCUT2D eigenvalue weighted by atomic mass is 79.9. The molecule has 0 unspecified atom stereocenters. The number of ether oxygens (including phenoxy) is 1. The minimum atomic E-state index is -0.599. The molecule has 1 heterocycles. The summed E-state index contributed by atoms with van der Waals surface area (Å²) in [6, 6.07) is 7.52. The van der Waals surface area contributed by atoms with Gasteiger partial charge in [0.05, 0.1) is 17.1 Å². The van der Waals surface area contributed by atoms with Crippen LogP contribution in [0.15, 0.2) is 39.2 Å². The van der Waals surface area contributed by atoms with E-state index in [1.54, 1.807) is 19.1 Å². The van der Waals surface area contributed by atoms with Crippen LogP contribution in [0, 0.1) is 10.1 Å². The molecule has 0 amide bonds. The topological polar surface area (TPSA) is 82.6 Å². The molecule has 0 spiro atoms. The van der Waals surface area contributed by atoms with Crippen molar-refractivity contribution < 1.29 is 18.9 Å². The number of hydrogen-bond donors (Lipinski definition) is 0. The van der Waals surface area contributed by atoms with Gasteiger partial charge in [-0.25, -0.2) is 4.79 Å². The third-order valence-corrected chi connectivity index (χ3v) is 3.00. The molecule has 6 nitrogen and oxygen atoms in total. The van der Waals surface area contributed by atoms with Gasteiger partial charge in [0.25, 0.3) is 5.69 Å². The van der Waals surface area contributed by atoms with E-state index in [1.807, 2.05) is 0 Å². The van der Waals surface area contributed by atoms with Crippen LogP contribution in [0.5, 0.6) is 0 Å². The Balaban J connectivity index is 2.42. The van der Waals surface area contributed by atoms with Crippen molar-refractivity contribution in [3.8, 4) is 11.3 Å². The predicted octanol–water partition coefficient (Wildman–Crippen LogP) is 3.79. The highest BCUT2D eigenvalue weighted by Gasteiger charge is 2.20. The molecule has 20 heavy (non-hydrogen) atoms. The number of nitro groups is 1. The van der Waals surface area contributed by atoms with Gasteiger partial charge in [0, 0.05) is 10.5 Å². The van der Waals surface area contributed by atoms with Crippen LogP contribution in [0.4, 0.5) is 5.69 Å². The summed E-state index contributed by atoms with van der Waals surface area (Å²) < 4.78 is 10.7. The van der Waals surface area contributed by atoms with E-state index in [0.717, 1.165) is 0 Å². The number of furan rings is 1. The summed E-state index contributed by atoms with van der Waals surface area (Å²) in [5.74, 6) is -0.343. The lowest BCUT2D eigenvalue weighted by Crippen LogP contribution is -2.02. The summed E-state index contributed by atoms with van der Waals surface area (Å²) in [7, 11) is 0. The molecular formula is C13H10BrNO5. The molecular weight excluding hydrogens is 330 g/mol. The van der Waals surface area contributed by atoms with Gasteiger partial charge >= 0.3 is 5.97 Å². The number of nitro benzene ring substituents is 1. The first-order valence-electron chi connectivity index (χ1n) is 5.74. The van der Waals surface area contributed by atoms with E-state index in [-0.39, 0.29) is 23.8 Å². The van der Waals surface area contributed by atoms with Crippen molar-refractivity contribution in [3.63, 3.8) is 0 Å². The maximum absolute atomic E-state index is 11.5. The fourth-order valence-electron chi connectivity index (χ4n) is 1.66. The molecule has 2 rings (SSSR count). The highest BCUT2D eigenvalue weighted by molar-refractivity contribution is 9.10. The van der Waals surface area contributed by atoms with Crippen LogP contribution in [-0.2, 0) is 4.74 Å². The van der Waals surface area contributed by atoms with Crippen molar-refractivity contribution in [1.82, 2.24) is 0 Å². The second-order valence-electron chi connectivity index (χ2n) is 3.80. The zero-order valence-electron chi connectivity index (χ0n) is 10.5. The lowest BCUT2D eigenvalue weighted by atomic mass is 10.1. The van der Waals surface area contributed by atoms with Crippen LogP contribution < -0.4 is 0 Å². The van der Waals surface area contributed by atoms with Gasteiger partial charge in [-0.2, -0.15) is 0 Å². The van der Waals surface area contributed by atoms with Gasteiger partial charge in [0.1, 0.15) is 5.76 Å². The van der Waals surface area contributed by atoms with Crippen molar-refractivity contribution >= 4 is 27.6 Å². The first-order chi connectivity index (χ1) is 9.52. The van der Waals surface area contributed by atoms with Gasteiger partial charge in [-0.3, -0.25) is 10.1 Å². The van der Waals surface area contributed by atoms with Crippen LogP contribution in [0.3, 0.4) is 0 Å². The second-order valence-corrected chi connectivity index (χ2v) is 4.72. The Labute approximate surface area is 122 Å². The minimum Gasteiger partial charge on any atom is -0.460 e. The van der Waals surface area contributed by atoms with E-state index < -0.39 is 10.9 Å². The monoisotopic (exact) mass is 339 g/mol. The van der Waals surface area contributed by atoms with Gasteiger partial charge in [0.2, 0.25) is 5.76 Å². The third kappa shape index (κ3) is 2.88. The molecule has 7 heteroatoms. The number of carbonyl (C=O) groups is 1. The quantitative estimate of drug-likeness (QED) is 0.480. The zero-order chi connectivity index (χ0) is 14.7. The lowest BCUT2D eigenvalue weighted by molar-refractivity contribution is -0.384. The van der Waals surface area contributed by atoms with Crippen LogP contribution in [0.2, 0.25) is 0 Å². The number of carbonyl (C=O) groups excluding carboxylic acids is 1. The van der Waals surface area contributed by atoms with Gasteiger partial charge < -0.3 is 9.15 Å². The van der Waals surface area contributed by atoms with Crippen LogP contribution in [0.25, 0.3) is 11.3 Å². The Bertz CT molecular complexity index is 665. The highest BCUT2D eigenvalue weighted by Crippen LogP contribution is 2.33. The van der Waals surface area contributed by atoms with Crippen molar-refractivity contribution in [1.29, 1.82) is 0 Å². The fraction of sp³-hybridized carbons (Fsp3) is 0.154. The van der Waals surface area contributed by atoms with Crippen molar-refractivity contribution in [2.24, 2.45) is 0 Å². The summed E-state index contributed by atoms with van der Waals surface area (Å²) in [5.41, 5.74) is 0.192. The molecule has 0 saturated heterocycles. The van der Waals surface area contributed by atoms with Gasteiger partial charge in [-0.05, 0) is 31.2 Å². The van der Waals surface area contributed by atoms with E-state index in [9.17, 15) is 14.9 Å². The molecule has 0 aliphatic carbocycles. The smallest absolute Gasteiger partial charge is 0.374 e. The summed E-state index contributed by atoms with van der Waals surface area (Å²) in [4.78, 5) is 22.0. The Kier molecular flexibility index (Phi) is 4.19. The fourth-order valence-corrected chi connectivity index (χ4v) is 2.01. The number of hydrogen-bond acceptors (Lipinski definition) is 5. The average molecular weight is 340 g/mol. The molecule has 0 aliphatic heterocycles. The van der Waals surface area contributed by atoms with Crippen LogP contribution in [0.1, 0.15) is 17.5 Å². The Morgan fingerprint density at radius 1 is 1.40 bits per heavy atom. The average Bonchev–Trinajstić information content (AvgIpc) is 2.88. The van der Waals surface area contributed by atoms with Crippen molar-refractivity contribution in [3.05, 3.63) is 50.7 Å². The van der Waals surface area contributed by atoms with E-state index in [4.69, 9.17) is 9.15 Å². The van der Waals surface area contributed by atoms with Crippen molar-refractivity contribution in [2.45, 2.75) is 6.92 Å². The summed E-state index contributed by atoms with van der Waals surface area (Å²) in [6.07, 6.45) is 0. The van der Waals surface area contributed by atoms with E-state index in [2.05, 4.69) is 15.9 Å². The number of halogens is 1. The Hall–Kier alpha value is -2.15. The normalized spacial score (nSPS) is 10.3. The molecule has 0 radical (unpaired) electrons. The van der Waals surface area contributed by atoms with Crippen LogP contribution in [-0.4, -0.2) is 17.5 Å². The standard InChI is InChI=1S/C13H10BrNO5/c1-2-19-13(16)12-6-5-11(20-12)9-4-3-8(14)7-10(9)15(17)18/h3-7H,2H2,1H3.